The molecule has 0 heterocycles. The van der Waals surface area contributed by atoms with E-state index < -0.39 is 10.2 Å². The van der Waals surface area contributed by atoms with Crippen molar-refractivity contribution in [1.29, 1.82) is 0 Å². The second-order valence-electron chi connectivity index (χ2n) is 4.28. The van der Waals surface area contributed by atoms with Crippen LogP contribution in [0.15, 0.2) is 0 Å². The van der Waals surface area contributed by atoms with Crippen LogP contribution >= 0.6 is 0 Å². The smallest absolute Gasteiger partial charge is 0.279 e. The van der Waals surface area contributed by atoms with Gasteiger partial charge in [-0.05, 0) is 18.9 Å². The second kappa shape index (κ2) is 8.82. The number of hydrogen-bond acceptors (Lipinski definition) is 4. The minimum absolute atomic E-state index is 0.281. The van der Waals surface area contributed by atoms with Gasteiger partial charge in [0.1, 0.15) is 0 Å². The van der Waals surface area contributed by atoms with E-state index in [1.807, 2.05) is 13.8 Å². The highest BCUT2D eigenvalue weighted by Gasteiger charge is 2.20. The zero-order valence-corrected chi connectivity index (χ0v) is 11.8. The summed E-state index contributed by atoms with van der Waals surface area (Å²) in [6.07, 6.45) is 0.645. The van der Waals surface area contributed by atoms with Crippen LogP contribution in [0, 0.1) is 5.92 Å². The zero-order chi connectivity index (χ0) is 13.3. The van der Waals surface area contributed by atoms with Gasteiger partial charge >= 0.3 is 0 Å². The number of nitrogens with zero attached hydrogens (tertiary/aromatic N) is 1. The normalized spacial score (nSPS) is 12.6. The molecule has 0 aliphatic heterocycles. The van der Waals surface area contributed by atoms with Crippen LogP contribution in [-0.4, -0.2) is 52.6 Å². The number of rotatable bonds is 10. The molecule has 3 N–H and O–H groups in total. The Morgan fingerprint density at radius 3 is 2.47 bits per heavy atom. The maximum Gasteiger partial charge on any atom is 0.279 e. The first-order chi connectivity index (χ1) is 7.94. The molecule has 6 nitrogen and oxygen atoms in total. The monoisotopic (exact) mass is 267 g/mol. The summed E-state index contributed by atoms with van der Waals surface area (Å²) in [5.41, 5.74) is 5.40. The van der Waals surface area contributed by atoms with Crippen LogP contribution in [-0.2, 0) is 14.9 Å². The molecule has 0 saturated heterocycles. The van der Waals surface area contributed by atoms with Crippen LogP contribution in [0.25, 0.3) is 0 Å². The van der Waals surface area contributed by atoms with Crippen LogP contribution < -0.4 is 10.5 Å². The molecule has 0 aliphatic carbocycles. The number of nitrogens with one attached hydrogen (secondary N) is 1. The standard InChI is InChI=1S/C10H25N3O3S/c1-10(2)9-12-17(14,15)13(6-4-5-11)7-8-16-3/h10,12H,4-9,11H2,1-3H3. The molecule has 17 heavy (non-hydrogen) atoms. The summed E-state index contributed by atoms with van der Waals surface area (Å²) in [6, 6.07) is 0. The average Bonchev–Trinajstić information content (AvgIpc) is 2.26. The number of nitrogens with two attached hydrogens (primary N) is 1. The fourth-order valence-corrected chi connectivity index (χ4v) is 2.59. The molecule has 0 fully saturated rings. The van der Waals surface area contributed by atoms with E-state index in [-0.39, 0.29) is 5.92 Å². The number of hydrogen-bond donors (Lipinski definition) is 2. The molecular weight excluding hydrogens is 242 g/mol. The largest absolute Gasteiger partial charge is 0.383 e. The Labute approximate surface area is 105 Å². The van der Waals surface area contributed by atoms with E-state index in [9.17, 15) is 8.42 Å². The molecular formula is C10H25N3O3S. The SMILES string of the molecule is COCCN(CCCN)S(=O)(=O)NCC(C)C. The van der Waals surface area contributed by atoms with Crippen LogP contribution in [0.5, 0.6) is 0 Å². The van der Waals surface area contributed by atoms with Gasteiger partial charge in [-0.3, -0.25) is 0 Å². The topological polar surface area (TPSA) is 84.7 Å². The lowest BCUT2D eigenvalue weighted by Gasteiger charge is -2.22. The van der Waals surface area contributed by atoms with Gasteiger partial charge < -0.3 is 10.5 Å². The molecule has 0 atom stereocenters. The molecule has 0 aliphatic rings. The third-order valence-electron chi connectivity index (χ3n) is 2.17. The Hall–Kier alpha value is -0.210. The van der Waals surface area contributed by atoms with Crippen molar-refractivity contribution in [3.8, 4) is 0 Å². The lowest BCUT2D eigenvalue weighted by Crippen LogP contribution is -2.44. The van der Waals surface area contributed by atoms with Gasteiger partial charge in [-0.25, -0.2) is 4.72 Å². The van der Waals surface area contributed by atoms with Crippen molar-refractivity contribution in [2.24, 2.45) is 11.7 Å². The third-order valence-corrected chi connectivity index (χ3v) is 3.75. The Balaban J connectivity index is 4.40. The van der Waals surface area contributed by atoms with E-state index in [1.54, 1.807) is 7.11 Å². The van der Waals surface area contributed by atoms with Gasteiger partial charge in [-0.2, -0.15) is 12.7 Å². The van der Waals surface area contributed by atoms with Crippen molar-refractivity contribution in [1.82, 2.24) is 9.03 Å². The molecule has 0 spiro atoms. The van der Waals surface area contributed by atoms with Crippen LogP contribution in [0.2, 0.25) is 0 Å². The maximum absolute atomic E-state index is 12.0. The Morgan fingerprint density at radius 1 is 1.35 bits per heavy atom. The summed E-state index contributed by atoms with van der Waals surface area (Å²) in [4.78, 5) is 0. The van der Waals surface area contributed by atoms with E-state index in [2.05, 4.69) is 4.72 Å². The van der Waals surface area contributed by atoms with Gasteiger partial charge in [0.15, 0.2) is 0 Å². The molecule has 0 radical (unpaired) electrons. The molecule has 7 heteroatoms. The van der Waals surface area contributed by atoms with E-state index >= 15 is 0 Å². The lowest BCUT2D eigenvalue weighted by molar-refractivity contribution is 0.178. The van der Waals surface area contributed by atoms with Crippen molar-refractivity contribution in [3.05, 3.63) is 0 Å². The first-order valence-electron chi connectivity index (χ1n) is 5.87. The average molecular weight is 267 g/mol. The fraction of sp³-hybridized carbons (Fsp3) is 1.00. The van der Waals surface area contributed by atoms with E-state index in [4.69, 9.17) is 10.5 Å². The van der Waals surface area contributed by atoms with E-state index in [0.29, 0.717) is 39.2 Å². The first-order valence-corrected chi connectivity index (χ1v) is 7.31. The number of ether oxygens (including phenoxy) is 1. The third kappa shape index (κ3) is 7.67. The molecule has 0 saturated carbocycles. The molecule has 0 aromatic carbocycles. The minimum atomic E-state index is -3.41. The van der Waals surface area contributed by atoms with Crippen LogP contribution in [0.1, 0.15) is 20.3 Å². The lowest BCUT2D eigenvalue weighted by atomic mass is 10.2. The van der Waals surface area contributed by atoms with Gasteiger partial charge in [0, 0.05) is 26.7 Å². The van der Waals surface area contributed by atoms with Crippen molar-refractivity contribution in [3.63, 3.8) is 0 Å². The fourth-order valence-electron chi connectivity index (χ4n) is 1.18. The molecule has 0 bridgehead atoms. The second-order valence-corrected chi connectivity index (χ2v) is 6.04. The first kappa shape index (κ1) is 16.8. The van der Waals surface area contributed by atoms with Gasteiger partial charge in [0.25, 0.3) is 10.2 Å². The predicted octanol–water partition coefficient (Wildman–Crippen LogP) is -0.226. The van der Waals surface area contributed by atoms with Gasteiger partial charge in [-0.1, -0.05) is 13.8 Å². The summed E-state index contributed by atoms with van der Waals surface area (Å²) >= 11 is 0. The van der Waals surface area contributed by atoms with Crippen LogP contribution in [0.3, 0.4) is 0 Å². The van der Waals surface area contributed by atoms with Gasteiger partial charge in [0.05, 0.1) is 6.61 Å². The van der Waals surface area contributed by atoms with Gasteiger partial charge in [0.2, 0.25) is 0 Å². The minimum Gasteiger partial charge on any atom is -0.383 e. The Morgan fingerprint density at radius 2 is 2.00 bits per heavy atom. The summed E-state index contributed by atoms with van der Waals surface area (Å²) in [5, 5.41) is 0. The predicted molar refractivity (Wildman–Crippen MR) is 68.9 cm³/mol. The highest BCUT2D eigenvalue weighted by atomic mass is 32.2. The number of methoxy groups -OCH3 is 1. The summed E-state index contributed by atoms with van der Waals surface area (Å²) in [5.74, 6) is 0.281. The summed E-state index contributed by atoms with van der Waals surface area (Å²) in [6.45, 7) is 5.99. The van der Waals surface area contributed by atoms with Crippen molar-refractivity contribution < 1.29 is 13.2 Å². The Kier molecular flexibility index (Phi) is 8.71. The molecule has 0 rings (SSSR count). The summed E-state index contributed by atoms with van der Waals surface area (Å²) in [7, 11) is -1.86. The van der Waals surface area contributed by atoms with E-state index in [1.165, 1.54) is 4.31 Å². The molecule has 0 aromatic heterocycles. The van der Waals surface area contributed by atoms with Crippen molar-refractivity contribution >= 4 is 10.2 Å². The van der Waals surface area contributed by atoms with Gasteiger partial charge in [-0.15, -0.1) is 0 Å². The molecule has 0 amide bonds. The van der Waals surface area contributed by atoms with Crippen molar-refractivity contribution in [2.75, 3.05) is 39.9 Å². The van der Waals surface area contributed by atoms with E-state index in [0.717, 1.165) is 0 Å². The zero-order valence-electron chi connectivity index (χ0n) is 11.0. The Bertz CT molecular complexity index is 273. The molecule has 0 unspecified atom stereocenters. The van der Waals surface area contributed by atoms with Crippen LogP contribution in [0.4, 0.5) is 0 Å². The van der Waals surface area contributed by atoms with Crippen molar-refractivity contribution in [2.45, 2.75) is 20.3 Å². The molecule has 0 aromatic rings. The summed E-state index contributed by atoms with van der Waals surface area (Å²) < 4.78 is 32.8. The quantitative estimate of drug-likeness (QED) is 0.573. The maximum atomic E-state index is 12.0. The highest BCUT2D eigenvalue weighted by Crippen LogP contribution is 2.01. The molecule has 104 valence electrons. The highest BCUT2D eigenvalue weighted by molar-refractivity contribution is 7.87.